The number of hydrogen-bond donors (Lipinski definition) is 1. The fraction of sp³-hybridized carbons (Fsp3) is 0.0625. The zero-order valence-corrected chi connectivity index (χ0v) is 11.3. The molecule has 0 spiro atoms. The number of hydrogen-bond acceptors (Lipinski definition) is 3. The van der Waals surface area contributed by atoms with E-state index in [0.29, 0.717) is 22.0 Å². The van der Waals surface area contributed by atoms with E-state index in [4.69, 9.17) is 16.1 Å². The summed E-state index contributed by atoms with van der Waals surface area (Å²) < 4.78 is 5.41. The highest BCUT2D eigenvalue weighted by Crippen LogP contribution is 2.35. The van der Waals surface area contributed by atoms with E-state index in [1.165, 1.54) is 0 Å². The molecule has 0 saturated carbocycles. The van der Waals surface area contributed by atoms with E-state index in [9.17, 15) is 5.11 Å². The lowest BCUT2D eigenvalue weighted by molar-refractivity contribution is 0.281. The van der Waals surface area contributed by atoms with E-state index >= 15 is 0 Å². The van der Waals surface area contributed by atoms with Crippen molar-refractivity contribution in [3.63, 3.8) is 0 Å². The molecule has 0 saturated heterocycles. The first kappa shape index (κ1) is 12.9. The van der Waals surface area contributed by atoms with Gasteiger partial charge in [0.05, 0.1) is 17.2 Å². The Labute approximate surface area is 121 Å². The van der Waals surface area contributed by atoms with Crippen LogP contribution in [0.25, 0.3) is 22.6 Å². The molecule has 4 heteroatoms. The summed E-state index contributed by atoms with van der Waals surface area (Å²) in [5.74, 6) is 0.511. The zero-order chi connectivity index (χ0) is 13.9. The van der Waals surface area contributed by atoms with Gasteiger partial charge in [-0.2, -0.15) is 0 Å². The van der Waals surface area contributed by atoms with Crippen LogP contribution in [-0.4, -0.2) is 10.3 Å². The van der Waals surface area contributed by atoms with Crippen molar-refractivity contribution in [1.29, 1.82) is 0 Å². The molecule has 0 fully saturated rings. The molecular formula is C16H12ClNO2. The Balaban J connectivity index is 2.16. The van der Waals surface area contributed by atoms with Crippen molar-refractivity contribution in [2.24, 2.45) is 0 Å². The minimum Gasteiger partial charge on any atom is -0.391 e. The molecule has 0 aliphatic carbocycles. The van der Waals surface area contributed by atoms with Crippen LogP contribution in [0.2, 0.25) is 5.02 Å². The molecular weight excluding hydrogens is 274 g/mol. The third-order valence-electron chi connectivity index (χ3n) is 3.11. The number of aliphatic hydroxyl groups excluding tert-OH is 1. The molecule has 20 heavy (non-hydrogen) atoms. The number of aromatic nitrogens is 1. The smallest absolute Gasteiger partial charge is 0.174 e. The summed E-state index contributed by atoms with van der Waals surface area (Å²) in [6, 6.07) is 16.9. The van der Waals surface area contributed by atoms with E-state index in [2.05, 4.69) is 5.16 Å². The van der Waals surface area contributed by atoms with Crippen molar-refractivity contribution in [3.8, 4) is 22.6 Å². The Morgan fingerprint density at radius 1 is 1.00 bits per heavy atom. The minimum atomic E-state index is -0.158. The molecule has 3 nitrogen and oxygen atoms in total. The van der Waals surface area contributed by atoms with E-state index in [1.807, 2.05) is 48.5 Å². The van der Waals surface area contributed by atoms with Gasteiger partial charge in [-0.25, -0.2) is 0 Å². The van der Waals surface area contributed by atoms with Crippen LogP contribution in [0.15, 0.2) is 59.1 Å². The lowest BCUT2D eigenvalue weighted by atomic mass is 10.0. The number of halogens is 1. The van der Waals surface area contributed by atoms with Gasteiger partial charge in [0.2, 0.25) is 0 Å². The second kappa shape index (κ2) is 5.49. The molecule has 0 amide bonds. The first-order valence-electron chi connectivity index (χ1n) is 6.21. The molecule has 1 heterocycles. The Kier molecular flexibility index (Phi) is 3.54. The number of rotatable bonds is 3. The molecule has 0 radical (unpaired) electrons. The summed E-state index contributed by atoms with van der Waals surface area (Å²) in [6.45, 7) is -0.158. The number of benzene rings is 2. The van der Waals surface area contributed by atoms with E-state index < -0.39 is 0 Å². The topological polar surface area (TPSA) is 46.3 Å². The normalized spacial score (nSPS) is 10.7. The molecule has 0 bridgehead atoms. The van der Waals surface area contributed by atoms with Crippen LogP contribution in [0.3, 0.4) is 0 Å². The number of nitrogens with zero attached hydrogens (tertiary/aromatic N) is 1. The average Bonchev–Trinajstić information content (AvgIpc) is 2.92. The van der Waals surface area contributed by atoms with Crippen LogP contribution in [-0.2, 0) is 6.61 Å². The van der Waals surface area contributed by atoms with Gasteiger partial charge in [-0.15, -0.1) is 0 Å². The summed E-state index contributed by atoms with van der Waals surface area (Å²) in [4.78, 5) is 0. The van der Waals surface area contributed by atoms with Gasteiger partial charge in [0.15, 0.2) is 5.76 Å². The van der Waals surface area contributed by atoms with Crippen LogP contribution in [0, 0.1) is 0 Å². The largest absolute Gasteiger partial charge is 0.391 e. The first-order valence-corrected chi connectivity index (χ1v) is 6.59. The predicted molar refractivity (Wildman–Crippen MR) is 78.3 cm³/mol. The Morgan fingerprint density at radius 3 is 2.40 bits per heavy atom. The molecule has 2 aromatic carbocycles. The maximum Gasteiger partial charge on any atom is 0.174 e. The predicted octanol–water partition coefficient (Wildman–Crippen LogP) is 4.15. The summed E-state index contributed by atoms with van der Waals surface area (Å²) in [5, 5.41) is 14.3. The fourth-order valence-electron chi connectivity index (χ4n) is 2.14. The summed E-state index contributed by atoms with van der Waals surface area (Å²) in [6.07, 6.45) is 0. The van der Waals surface area contributed by atoms with Gasteiger partial charge in [-0.05, 0) is 12.1 Å². The molecule has 3 rings (SSSR count). The first-order chi connectivity index (χ1) is 9.81. The van der Waals surface area contributed by atoms with Gasteiger partial charge >= 0.3 is 0 Å². The average molecular weight is 286 g/mol. The molecule has 0 aliphatic rings. The van der Waals surface area contributed by atoms with Crippen LogP contribution in [0.1, 0.15) is 5.56 Å². The summed E-state index contributed by atoms with van der Waals surface area (Å²) in [7, 11) is 0. The van der Waals surface area contributed by atoms with E-state index in [1.54, 1.807) is 6.07 Å². The highest BCUT2D eigenvalue weighted by molar-refractivity contribution is 6.33. The van der Waals surface area contributed by atoms with Crippen molar-refractivity contribution < 1.29 is 9.63 Å². The molecule has 1 N–H and O–H groups in total. The lowest BCUT2D eigenvalue weighted by Gasteiger charge is -2.02. The fourth-order valence-corrected chi connectivity index (χ4v) is 2.36. The maximum atomic E-state index is 9.66. The second-order valence-electron chi connectivity index (χ2n) is 4.34. The third kappa shape index (κ3) is 2.22. The summed E-state index contributed by atoms with van der Waals surface area (Å²) >= 11 is 6.17. The monoisotopic (exact) mass is 285 g/mol. The van der Waals surface area contributed by atoms with Gasteiger partial charge in [-0.1, -0.05) is 59.2 Å². The number of aliphatic hydroxyl groups is 1. The van der Waals surface area contributed by atoms with Crippen molar-refractivity contribution >= 4 is 11.6 Å². The zero-order valence-electron chi connectivity index (χ0n) is 10.6. The van der Waals surface area contributed by atoms with Gasteiger partial charge < -0.3 is 9.63 Å². The Morgan fingerprint density at radius 2 is 1.70 bits per heavy atom. The third-order valence-corrected chi connectivity index (χ3v) is 3.44. The van der Waals surface area contributed by atoms with Gasteiger partial charge in [-0.3, -0.25) is 0 Å². The SMILES string of the molecule is OCc1c(-c2ccccc2)noc1-c1ccccc1Cl. The van der Waals surface area contributed by atoms with Crippen molar-refractivity contribution in [1.82, 2.24) is 5.16 Å². The van der Waals surface area contributed by atoms with E-state index in [0.717, 1.165) is 11.1 Å². The van der Waals surface area contributed by atoms with Crippen LogP contribution >= 0.6 is 11.6 Å². The highest BCUT2D eigenvalue weighted by Gasteiger charge is 2.19. The second-order valence-corrected chi connectivity index (χ2v) is 4.75. The highest BCUT2D eigenvalue weighted by atomic mass is 35.5. The Hall–Kier alpha value is -2.10. The van der Waals surface area contributed by atoms with Crippen LogP contribution in [0.5, 0.6) is 0 Å². The van der Waals surface area contributed by atoms with Gasteiger partial charge in [0.1, 0.15) is 5.69 Å². The maximum absolute atomic E-state index is 9.66. The lowest BCUT2D eigenvalue weighted by Crippen LogP contribution is -1.89. The molecule has 3 aromatic rings. The molecule has 0 aliphatic heterocycles. The van der Waals surface area contributed by atoms with Gasteiger partial charge in [0, 0.05) is 11.1 Å². The Bertz CT molecular complexity index is 722. The van der Waals surface area contributed by atoms with Crippen molar-refractivity contribution in [2.75, 3.05) is 0 Å². The quantitative estimate of drug-likeness (QED) is 0.786. The molecule has 1 aromatic heterocycles. The summed E-state index contributed by atoms with van der Waals surface area (Å²) in [5.41, 5.74) is 2.92. The molecule has 0 unspecified atom stereocenters. The van der Waals surface area contributed by atoms with Crippen LogP contribution in [0.4, 0.5) is 0 Å². The van der Waals surface area contributed by atoms with Crippen molar-refractivity contribution in [3.05, 3.63) is 65.2 Å². The van der Waals surface area contributed by atoms with Gasteiger partial charge in [0.25, 0.3) is 0 Å². The van der Waals surface area contributed by atoms with Crippen molar-refractivity contribution in [2.45, 2.75) is 6.61 Å². The van der Waals surface area contributed by atoms with Crippen LogP contribution < -0.4 is 0 Å². The van der Waals surface area contributed by atoms with E-state index in [-0.39, 0.29) is 6.61 Å². The molecule has 0 atom stereocenters. The molecule has 100 valence electrons. The minimum absolute atomic E-state index is 0.158. The standard InChI is InChI=1S/C16H12ClNO2/c17-14-9-5-4-8-12(14)16-13(10-19)15(18-20-16)11-6-2-1-3-7-11/h1-9,19H,10H2.